The summed E-state index contributed by atoms with van der Waals surface area (Å²) in [6.07, 6.45) is 0.325. The van der Waals surface area contributed by atoms with Gasteiger partial charge in [0.05, 0.1) is 11.7 Å². The molecule has 0 aliphatic heterocycles. The van der Waals surface area contributed by atoms with Gasteiger partial charge in [-0.3, -0.25) is 0 Å². The summed E-state index contributed by atoms with van der Waals surface area (Å²) >= 11 is 0. The van der Waals surface area contributed by atoms with E-state index >= 15 is 0 Å². The van der Waals surface area contributed by atoms with Crippen molar-refractivity contribution in [2.24, 2.45) is 0 Å². The Labute approximate surface area is 186 Å². The van der Waals surface area contributed by atoms with Crippen molar-refractivity contribution in [3.63, 3.8) is 0 Å². The van der Waals surface area contributed by atoms with Crippen LogP contribution in [0.2, 0.25) is 18.1 Å². The van der Waals surface area contributed by atoms with Crippen LogP contribution in [0, 0.1) is 0 Å². The standard InChI is InChI=1S/C24H35NO5Si/c1-16(10-17-8-7-9-18(11-17)23(28)29)25-15-22(30-31(5,6)24(2,3)4)19-12-20(26)14-21(27)13-19/h7-9,11-14,16,22,25-27H,10,15H2,1-6H3,(H,28,29)/t16-,22+/m1/s1. The summed E-state index contributed by atoms with van der Waals surface area (Å²) in [5.74, 6) is -0.941. The van der Waals surface area contributed by atoms with Crippen LogP contribution in [0.3, 0.4) is 0 Å². The lowest BCUT2D eigenvalue weighted by Gasteiger charge is -2.39. The summed E-state index contributed by atoms with van der Waals surface area (Å²) in [5.41, 5.74) is 1.94. The largest absolute Gasteiger partial charge is 0.508 e. The molecule has 170 valence electrons. The van der Waals surface area contributed by atoms with Gasteiger partial charge in [0.25, 0.3) is 0 Å². The molecule has 2 aromatic rings. The average Bonchev–Trinajstić information content (AvgIpc) is 2.63. The van der Waals surface area contributed by atoms with Gasteiger partial charge in [-0.1, -0.05) is 32.9 Å². The van der Waals surface area contributed by atoms with Crippen molar-refractivity contribution in [1.82, 2.24) is 5.32 Å². The van der Waals surface area contributed by atoms with E-state index in [1.165, 1.54) is 6.07 Å². The minimum Gasteiger partial charge on any atom is -0.508 e. The third kappa shape index (κ3) is 7.09. The van der Waals surface area contributed by atoms with Crippen LogP contribution in [0.25, 0.3) is 0 Å². The van der Waals surface area contributed by atoms with Crippen molar-refractivity contribution in [3.8, 4) is 11.5 Å². The van der Waals surface area contributed by atoms with Crippen LogP contribution in [0.5, 0.6) is 11.5 Å². The molecule has 0 aliphatic carbocycles. The summed E-state index contributed by atoms with van der Waals surface area (Å²) in [4.78, 5) is 11.2. The molecule has 0 aliphatic rings. The molecular weight excluding hydrogens is 410 g/mol. The number of hydrogen-bond donors (Lipinski definition) is 4. The Bertz CT molecular complexity index is 887. The van der Waals surface area contributed by atoms with Crippen LogP contribution in [-0.4, -0.2) is 42.2 Å². The molecule has 2 atom stereocenters. The van der Waals surface area contributed by atoms with Crippen LogP contribution < -0.4 is 5.32 Å². The lowest BCUT2D eigenvalue weighted by atomic mass is 10.0. The summed E-state index contributed by atoms with van der Waals surface area (Å²) < 4.78 is 6.63. The van der Waals surface area contributed by atoms with E-state index in [-0.39, 0.29) is 34.2 Å². The molecule has 2 aromatic carbocycles. The monoisotopic (exact) mass is 445 g/mol. The number of nitrogens with one attached hydrogen (secondary N) is 1. The Morgan fingerprint density at radius 1 is 1.10 bits per heavy atom. The molecule has 0 heterocycles. The molecular formula is C24H35NO5Si. The van der Waals surface area contributed by atoms with Gasteiger partial charge in [-0.05, 0) is 66.9 Å². The van der Waals surface area contributed by atoms with Crippen molar-refractivity contribution < 1.29 is 24.5 Å². The number of phenolic OH excluding ortho intramolecular Hbond substituents is 2. The molecule has 0 saturated carbocycles. The molecule has 4 N–H and O–H groups in total. The number of carboxylic acid groups (broad SMARTS) is 1. The van der Waals surface area contributed by atoms with Gasteiger partial charge in [0.2, 0.25) is 0 Å². The average molecular weight is 446 g/mol. The first-order valence-electron chi connectivity index (χ1n) is 10.5. The summed E-state index contributed by atoms with van der Waals surface area (Å²) in [6.45, 7) is 13.4. The lowest BCUT2D eigenvalue weighted by molar-refractivity contribution is 0.0696. The predicted octanol–water partition coefficient (Wildman–Crippen LogP) is 5.08. The Morgan fingerprint density at radius 2 is 1.71 bits per heavy atom. The minimum absolute atomic E-state index is 0.00244. The number of benzene rings is 2. The maximum Gasteiger partial charge on any atom is 0.335 e. The van der Waals surface area contributed by atoms with Crippen LogP contribution in [-0.2, 0) is 10.8 Å². The van der Waals surface area contributed by atoms with Gasteiger partial charge >= 0.3 is 5.97 Å². The smallest absolute Gasteiger partial charge is 0.335 e. The number of rotatable bonds is 9. The Balaban J connectivity index is 2.17. The number of carbonyl (C=O) groups is 1. The summed E-state index contributed by atoms with van der Waals surface area (Å²) in [6, 6.07) is 11.6. The van der Waals surface area contributed by atoms with E-state index in [4.69, 9.17) is 4.43 Å². The van der Waals surface area contributed by atoms with Crippen LogP contribution in [0.1, 0.15) is 55.3 Å². The van der Waals surface area contributed by atoms with E-state index in [0.29, 0.717) is 13.0 Å². The number of aromatic hydroxyl groups is 2. The molecule has 0 radical (unpaired) electrons. The van der Waals surface area contributed by atoms with E-state index in [1.54, 1.807) is 30.3 Å². The first-order valence-corrected chi connectivity index (χ1v) is 13.5. The molecule has 0 bridgehead atoms. The Hall–Kier alpha value is -2.35. The second kappa shape index (κ2) is 9.85. The molecule has 0 fully saturated rings. The second-order valence-corrected chi connectivity index (χ2v) is 14.4. The molecule has 0 amide bonds. The van der Waals surface area contributed by atoms with Crippen LogP contribution in [0.15, 0.2) is 42.5 Å². The first kappa shape index (κ1) is 24.9. The zero-order valence-corrected chi connectivity index (χ0v) is 20.3. The van der Waals surface area contributed by atoms with Crippen LogP contribution in [0.4, 0.5) is 0 Å². The van der Waals surface area contributed by atoms with Crippen molar-refractivity contribution in [2.75, 3.05) is 6.54 Å². The zero-order valence-electron chi connectivity index (χ0n) is 19.3. The van der Waals surface area contributed by atoms with Crippen molar-refractivity contribution in [2.45, 2.75) is 64.4 Å². The number of carboxylic acids is 1. The topological polar surface area (TPSA) is 99.0 Å². The summed E-state index contributed by atoms with van der Waals surface area (Å²) in [5, 5.41) is 32.6. The first-order chi connectivity index (χ1) is 14.3. The van der Waals surface area contributed by atoms with Gasteiger partial charge in [0, 0.05) is 18.7 Å². The fraction of sp³-hybridized carbons (Fsp3) is 0.458. The zero-order chi connectivity index (χ0) is 23.4. The van der Waals surface area contributed by atoms with E-state index < -0.39 is 14.3 Å². The van der Waals surface area contributed by atoms with Gasteiger partial charge in [-0.15, -0.1) is 0 Å². The van der Waals surface area contributed by atoms with E-state index in [2.05, 4.69) is 39.2 Å². The number of phenols is 2. The summed E-state index contributed by atoms with van der Waals surface area (Å²) in [7, 11) is -2.12. The highest BCUT2D eigenvalue weighted by Crippen LogP contribution is 2.40. The van der Waals surface area contributed by atoms with Crippen molar-refractivity contribution >= 4 is 14.3 Å². The maximum absolute atomic E-state index is 11.2. The van der Waals surface area contributed by atoms with Gasteiger partial charge in [-0.2, -0.15) is 0 Å². The second-order valence-electron chi connectivity index (χ2n) is 9.67. The highest BCUT2D eigenvalue weighted by Gasteiger charge is 2.39. The lowest BCUT2D eigenvalue weighted by Crippen LogP contribution is -2.44. The van der Waals surface area contributed by atoms with Gasteiger partial charge in [-0.25, -0.2) is 4.79 Å². The molecule has 6 nitrogen and oxygen atoms in total. The fourth-order valence-corrected chi connectivity index (χ4v) is 4.41. The third-order valence-corrected chi connectivity index (χ3v) is 10.4. The van der Waals surface area contributed by atoms with Gasteiger partial charge in [0.1, 0.15) is 11.5 Å². The Morgan fingerprint density at radius 3 is 2.26 bits per heavy atom. The van der Waals surface area contributed by atoms with E-state index in [0.717, 1.165) is 11.1 Å². The normalized spacial score (nSPS) is 14.3. The highest BCUT2D eigenvalue weighted by atomic mass is 28.4. The third-order valence-electron chi connectivity index (χ3n) is 5.91. The SMILES string of the molecule is C[C@H](Cc1cccc(C(=O)O)c1)NC[C@H](O[Si](C)(C)C(C)(C)C)c1cc(O)cc(O)c1. The maximum atomic E-state index is 11.2. The fourth-order valence-electron chi connectivity index (χ4n) is 3.13. The molecule has 0 saturated heterocycles. The molecule has 0 spiro atoms. The molecule has 0 unspecified atom stereocenters. The quantitative estimate of drug-likeness (QED) is 0.402. The number of hydrogen-bond acceptors (Lipinski definition) is 5. The molecule has 31 heavy (non-hydrogen) atoms. The molecule has 0 aromatic heterocycles. The van der Waals surface area contributed by atoms with Crippen LogP contribution >= 0.6 is 0 Å². The highest BCUT2D eigenvalue weighted by molar-refractivity contribution is 6.74. The van der Waals surface area contributed by atoms with E-state index in [9.17, 15) is 20.1 Å². The molecule has 7 heteroatoms. The predicted molar refractivity (Wildman–Crippen MR) is 125 cm³/mol. The minimum atomic E-state index is -2.12. The van der Waals surface area contributed by atoms with Crippen molar-refractivity contribution in [1.29, 1.82) is 0 Å². The van der Waals surface area contributed by atoms with Gasteiger partial charge < -0.3 is 25.1 Å². The number of aromatic carboxylic acids is 1. The Kier molecular flexibility index (Phi) is 7.91. The van der Waals surface area contributed by atoms with Gasteiger partial charge in [0.15, 0.2) is 8.32 Å². The van der Waals surface area contributed by atoms with Crippen molar-refractivity contribution in [3.05, 3.63) is 59.2 Å². The molecule has 2 rings (SSSR count). The van der Waals surface area contributed by atoms with E-state index in [1.807, 2.05) is 13.0 Å².